The van der Waals surface area contributed by atoms with Gasteiger partial charge in [-0.3, -0.25) is 0 Å². The normalized spacial score (nSPS) is 28.4. The second kappa shape index (κ2) is 6.76. The maximum atomic E-state index is 10.7. The molecule has 1 heterocycles. The van der Waals surface area contributed by atoms with E-state index in [9.17, 15) is 5.11 Å². The Bertz CT molecular complexity index is 629. The first-order valence-electron chi connectivity index (χ1n) is 9.07. The van der Waals surface area contributed by atoms with E-state index in [4.69, 9.17) is 4.74 Å². The minimum Gasteiger partial charge on any atom is -0.511 e. The molecule has 2 nitrogen and oxygen atoms in total. The predicted molar refractivity (Wildman–Crippen MR) is 101 cm³/mol. The molecule has 0 amide bonds. The highest BCUT2D eigenvalue weighted by atomic mass is 32.2. The number of benzene rings is 1. The zero-order valence-corrected chi connectivity index (χ0v) is 16.2. The Labute approximate surface area is 150 Å². The van der Waals surface area contributed by atoms with Crippen LogP contribution in [0.25, 0.3) is 0 Å². The lowest BCUT2D eigenvalue weighted by Crippen LogP contribution is -2.44. The second-order valence-corrected chi connectivity index (χ2v) is 9.68. The Hall–Kier alpha value is -0.930. The Balaban J connectivity index is 1.74. The van der Waals surface area contributed by atoms with Gasteiger partial charge in [-0.25, -0.2) is 0 Å². The topological polar surface area (TPSA) is 29.5 Å². The van der Waals surface area contributed by atoms with Gasteiger partial charge in [-0.2, -0.15) is 0 Å². The van der Waals surface area contributed by atoms with Gasteiger partial charge in [0.15, 0.2) is 0 Å². The van der Waals surface area contributed by atoms with Crippen LogP contribution >= 0.6 is 11.8 Å². The fourth-order valence-electron chi connectivity index (χ4n) is 4.00. The maximum Gasteiger partial charge on any atom is 0.107 e. The first-order valence-corrected chi connectivity index (χ1v) is 9.89. The Morgan fingerprint density at radius 2 is 2.00 bits per heavy atom. The molecule has 132 valence electrons. The molecule has 1 N–H and O–H groups in total. The Morgan fingerprint density at radius 1 is 1.25 bits per heavy atom. The molecule has 1 saturated carbocycles. The van der Waals surface area contributed by atoms with E-state index in [-0.39, 0.29) is 5.60 Å². The van der Waals surface area contributed by atoms with Crippen LogP contribution in [0.4, 0.5) is 0 Å². The lowest BCUT2D eigenvalue weighted by Gasteiger charge is -2.47. The standard InChI is InChI=1S/C21H30O2S/c1-15-8-5-6-10-18(15)24-19-14-23-21(13-17(19)22)11-7-9-16(12-21)20(2,3)4/h5-6,8,10,16,22H,7,9,11-14H2,1-4H3. The largest absolute Gasteiger partial charge is 0.511 e. The monoisotopic (exact) mass is 346 g/mol. The molecule has 2 atom stereocenters. The van der Waals surface area contributed by atoms with Crippen molar-refractivity contribution in [3.63, 3.8) is 0 Å². The van der Waals surface area contributed by atoms with Crippen LogP contribution in [0.1, 0.15) is 58.4 Å². The molecule has 2 unspecified atom stereocenters. The van der Waals surface area contributed by atoms with E-state index in [1.165, 1.54) is 23.3 Å². The molecular formula is C21H30O2S. The third-order valence-electron chi connectivity index (χ3n) is 5.68. The van der Waals surface area contributed by atoms with E-state index in [1.807, 2.05) is 6.07 Å². The van der Waals surface area contributed by atoms with Crippen LogP contribution in [0.3, 0.4) is 0 Å². The number of thioether (sulfide) groups is 1. The molecule has 1 aromatic carbocycles. The summed E-state index contributed by atoms with van der Waals surface area (Å²) in [5.74, 6) is 1.22. The minimum absolute atomic E-state index is 0.143. The zero-order chi connectivity index (χ0) is 17.4. The number of ether oxygens (including phenoxy) is 1. The van der Waals surface area contributed by atoms with Gasteiger partial charge in [0.2, 0.25) is 0 Å². The molecular weight excluding hydrogens is 316 g/mol. The van der Waals surface area contributed by atoms with E-state index < -0.39 is 0 Å². The van der Waals surface area contributed by atoms with E-state index >= 15 is 0 Å². The number of aryl methyl sites for hydroxylation is 1. The summed E-state index contributed by atoms with van der Waals surface area (Å²) in [6, 6.07) is 8.32. The molecule has 3 heteroatoms. The smallest absolute Gasteiger partial charge is 0.107 e. The molecule has 0 saturated heterocycles. The quantitative estimate of drug-likeness (QED) is 0.686. The minimum atomic E-state index is -0.143. The summed E-state index contributed by atoms with van der Waals surface area (Å²) < 4.78 is 6.39. The molecule has 1 aliphatic heterocycles. The lowest BCUT2D eigenvalue weighted by molar-refractivity contribution is -0.0993. The van der Waals surface area contributed by atoms with Crippen molar-refractivity contribution >= 4 is 11.8 Å². The van der Waals surface area contributed by atoms with Gasteiger partial charge in [-0.15, -0.1) is 0 Å². The molecule has 0 bridgehead atoms. The first kappa shape index (κ1) is 17.9. The number of aliphatic hydroxyl groups excluding tert-OH is 1. The zero-order valence-electron chi connectivity index (χ0n) is 15.4. The van der Waals surface area contributed by atoms with Crippen LogP contribution < -0.4 is 0 Å². The summed E-state index contributed by atoms with van der Waals surface area (Å²) in [6.07, 6.45) is 5.31. The van der Waals surface area contributed by atoms with Gasteiger partial charge in [0.05, 0.1) is 17.1 Å². The van der Waals surface area contributed by atoms with E-state index in [1.54, 1.807) is 11.8 Å². The number of hydrogen-bond donors (Lipinski definition) is 1. The summed E-state index contributed by atoms with van der Waals surface area (Å²) in [6.45, 7) is 9.64. The van der Waals surface area contributed by atoms with Gasteiger partial charge in [0.1, 0.15) is 5.76 Å². The number of aliphatic hydroxyl groups is 1. The summed E-state index contributed by atoms with van der Waals surface area (Å²) >= 11 is 1.66. The van der Waals surface area contributed by atoms with Crippen molar-refractivity contribution in [2.45, 2.75) is 70.3 Å². The van der Waals surface area contributed by atoms with E-state index in [0.29, 0.717) is 30.1 Å². The van der Waals surface area contributed by atoms with Gasteiger partial charge in [-0.1, -0.05) is 57.2 Å². The predicted octanol–water partition coefficient (Wildman–Crippen LogP) is 6.25. The second-order valence-electron chi connectivity index (χ2n) is 8.55. The SMILES string of the molecule is Cc1ccccc1SC1=C(O)CC2(CCCC(C(C)(C)C)C2)OC1. The molecule has 3 rings (SSSR count). The molecule has 1 fully saturated rings. The van der Waals surface area contributed by atoms with Crippen molar-refractivity contribution in [1.29, 1.82) is 0 Å². The fraction of sp³-hybridized carbons (Fsp3) is 0.619. The van der Waals surface area contributed by atoms with Crippen LogP contribution in [0.15, 0.2) is 39.8 Å². The molecule has 2 aliphatic rings. The van der Waals surface area contributed by atoms with Crippen LogP contribution in [-0.4, -0.2) is 17.3 Å². The summed E-state index contributed by atoms with van der Waals surface area (Å²) in [4.78, 5) is 2.18. The van der Waals surface area contributed by atoms with E-state index in [0.717, 1.165) is 17.7 Å². The van der Waals surface area contributed by atoms with Gasteiger partial charge in [0.25, 0.3) is 0 Å². The van der Waals surface area contributed by atoms with Crippen LogP contribution in [0.5, 0.6) is 0 Å². The van der Waals surface area contributed by atoms with Crippen LogP contribution in [0, 0.1) is 18.3 Å². The van der Waals surface area contributed by atoms with Crippen molar-refractivity contribution in [2.24, 2.45) is 11.3 Å². The van der Waals surface area contributed by atoms with Crippen molar-refractivity contribution in [3.05, 3.63) is 40.5 Å². The molecule has 1 spiro atoms. The highest BCUT2D eigenvalue weighted by molar-refractivity contribution is 8.03. The number of hydrogen-bond acceptors (Lipinski definition) is 3. The average Bonchev–Trinajstić information content (AvgIpc) is 2.51. The van der Waals surface area contributed by atoms with Crippen molar-refractivity contribution in [3.8, 4) is 0 Å². The molecule has 1 aromatic rings. The highest BCUT2D eigenvalue weighted by Crippen LogP contribution is 2.49. The molecule has 0 radical (unpaired) electrons. The third-order valence-corrected chi connectivity index (χ3v) is 6.95. The van der Waals surface area contributed by atoms with E-state index in [2.05, 4.69) is 45.9 Å². The third kappa shape index (κ3) is 3.83. The highest BCUT2D eigenvalue weighted by Gasteiger charge is 2.44. The van der Waals surface area contributed by atoms with Gasteiger partial charge >= 0.3 is 0 Å². The summed E-state index contributed by atoms with van der Waals surface area (Å²) in [5, 5.41) is 10.7. The van der Waals surface area contributed by atoms with Crippen molar-refractivity contribution in [2.75, 3.05) is 6.61 Å². The molecule has 24 heavy (non-hydrogen) atoms. The van der Waals surface area contributed by atoms with Crippen LogP contribution in [0.2, 0.25) is 0 Å². The average molecular weight is 347 g/mol. The Morgan fingerprint density at radius 3 is 2.67 bits per heavy atom. The van der Waals surface area contributed by atoms with Gasteiger partial charge in [-0.05, 0) is 49.1 Å². The summed E-state index contributed by atoms with van der Waals surface area (Å²) in [5.41, 5.74) is 1.41. The maximum absolute atomic E-state index is 10.7. The molecule has 0 aromatic heterocycles. The Kier molecular flexibility index (Phi) is 5.04. The number of rotatable bonds is 2. The molecule has 1 aliphatic carbocycles. The van der Waals surface area contributed by atoms with Crippen LogP contribution in [-0.2, 0) is 4.74 Å². The van der Waals surface area contributed by atoms with Crippen molar-refractivity contribution in [1.82, 2.24) is 0 Å². The lowest BCUT2D eigenvalue weighted by atomic mass is 9.66. The van der Waals surface area contributed by atoms with Crippen molar-refractivity contribution < 1.29 is 9.84 Å². The van der Waals surface area contributed by atoms with Gasteiger partial charge < -0.3 is 9.84 Å². The first-order chi connectivity index (χ1) is 11.3. The fourth-order valence-corrected chi connectivity index (χ4v) is 4.95. The van der Waals surface area contributed by atoms with Gasteiger partial charge in [0, 0.05) is 11.3 Å². The summed E-state index contributed by atoms with van der Waals surface area (Å²) in [7, 11) is 0.